The molecule has 1 fully saturated rings. The van der Waals surface area contributed by atoms with Crippen molar-refractivity contribution >= 4 is 17.5 Å². The average molecular weight is 272 g/mol. The molecule has 0 amide bonds. The molecule has 6 nitrogen and oxygen atoms in total. The molecule has 1 saturated heterocycles. The quantitative estimate of drug-likeness (QED) is 0.871. The van der Waals surface area contributed by atoms with E-state index in [1.54, 1.807) is 0 Å². The maximum absolute atomic E-state index is 5.78. The minimum absolute atomic E-state index is 0.144. The van der Waals surface area contributed by atoms with Gasteiger partial charge < -0.3 is 15.0 Å². The first-order valence-electron chi connectivity index (χ1n) is 6.13. The molecule has 1 unspecified atom stereocenters. The average Bonchev–Trinajstić information content (AvgIpc) is 2.83. The summed E-state index contributed by atoms with van der Waals surface area (Å²) in [5, 5.41) is 3.34. The Labute approximate surface area is 112 Å². The van der Waals surface area contributed by atoms with E-state index in [0.29, 0.717) is 11.9 Å². The van der Waals surface area contributed by atoms with Gasteiger partial charge in [0.25, 0.3) is 0 Å². The third-order valence-electron chi connectivity index (χ3n) is 3.14. The van der Waals surface area contributed by atoms with Gasteiger partial charge in [-0.2, -0.15) is 15.0 Å². The summed E-state index contributed by atoms with van der Waals surface area (Å²) < 4.78 is 4.95. The summed E-state index contributed by atoms with van der Waals surface area (Å²) in [6, 6.07) is 0.235. The van der Waals surface area contributed by atoms with Gasteiger partial charge in [-0.1, -0.05) is 6.92 Å². The molecule has 0 saturated carbocycles. The molecule has 1 aliphatic heterocycles. The number of hydrogen-bond acceptors (Lipinski definition) is 6. The van der Waals surface area contributed by atoms with E-state index in [0.717, 1.165) is 19.6 Å². The smallest absolute Gasteiger partial charge is 0.322 e. The number of halogens is 1. The number of likely N-dealkylation sites (tertiary alicyclic amines) is 1. The van der Waals surface area contributed by atoms with Crippen molar-refractivity contribution in [3.8, 4) is 6.01 Å². The van der Waals surface area contributed by atoms with Gasteiger partial charge in [-0.15, -0.1) is 0 Å². The summed E-state index contributed by atoms with van der Waals surface area (Å²) in [5.74, 6) is 1.10. The fourth-order valence-corrected chi connectivity index (χ4v) is 2.26. The molecule has 1 aliphatic rings. The molecule has 7 heteroatoms. The Hall–Kier alpha value is -1.14. The minimum Gasteiger partial charge on any atom is -0.467 e. The van der Waals surface area contributed by atoms with Crippen LogP contribution in [0.3, 0.4) is 0 Å². The van der Waals surface area contributed by atoms with Crippen LogP contribution in [0.4, 0.5) is 5.95 Å². The largest absolute Gasteiger partial charge is 0.467 e. The van der Waals surface area contributed by atoms with Crippen LogP contribution in [0.5, 0.6) is 6.01 Å². The first-order valence-corrected chi connectivity index (χ1v) is 6.51. The summed E-state index contributed by atoms with van der Waals surface area (Å²) in [7, 11) is 1.51. The van der Waals surface area contributed by atoms with Gasteiger partial charge in [0.05, 0.1) is 7.11 Å². The van der Waals surface area contributed by atoms with Crippen LogP contribution in [0.25, 0.3) is 0 Å². The lowest BCUT2D eigenvalue weighted by atomic mass is 10.1. The number of methoxy groups -OCH3 is 1. The molecule has 18 heavy (non-hydrogen) atoms. The van der Waals surface area contributed by atoms with Crippen molar-refractivity contribution in [2.75, 3.05) is 38.6 Å². The molecule has 0 bridgehead atoms. The Morgan fingerprint density at radius 1 is 1.44 bits per heavy atom. The van der Waals surface area contributed by atoms with Crippen LogP contribution in [0.1, 0.15) is 13.3 Å². The maximum Gasteiger partial charge on any atom is 0.322 e. The van der Waals surface area contributed by atoms with E-state index in [-0.39, 0.29) is 11.3 Å². The normalized spacial score (nSPS) is 20.1. The van der Waals surface area contributed by atoms with E-state index in [1.165, 1.54) is 20.1 Å². The van der Waals surface area contributed by atoms with Crippen LogP contribution in [0.2, 0.25) is 5.28 Å². The third kappa shape index (κ3) is 3.43. The molecule has 0 aromatic carbocycles. The molecule has 2 rings (SSSR count). The number of rotatable bonds is 5. The zero-order valence-electron chi connectivity index (χ0n) is 10.7. The van der Waals surface area contributed by atoms with Gasteiger partial charge in [-0.05, 0) is 37.0 Å². The van der Waals surface area contributed by atoms with Crippen molar-refractivity contribution in [3.05, 3.63) is 5.28 Å². The molecular weight excluding hydrogens is 254 g/mol. The van der Waals surface area contributed by atoms with Crippen molar-refractivity contribution in [3.63, 3.8) is 0 Å². The predicted molar refractivity (Wildman–Crippen MR) is 70.1 cm³/mol. The van der Waals surface area contributed by atoms with Gasteiger partial charge in [0.2, 0.25) is 11.2 Å². The van der Waals surface area contributed by atoms with Crippen molar-refractivity contribution in [2.45, 2.75) is 13.3 Å². The minimum atomic E-state index is 0.144. The number of nitrogens with one attached hydrogen (secondary N) is 1. The van der Waals surface area contributed by atoms with Gasteiger partial charge in [0, 0.05) is 13.1 Å². The van der Waals surface area contributed by atoms with Crippen LogP contribution < -0.4 is 10.1 Å². The highest BCUT2D eigenvalue weighted by molar-refractivity contribution is 6.28. The van der Waals surface area contributed by atoms with Gasteiger partial charge >= 0.3 is 6.01 Å². The van der Waals surface area contributed by atoms with Crippen LogP contribution in [0.15, 0.2) is 0 Å². The molecule has 1 aromatic rings. The zero-order chi connectivity index (χ0) is 13.0. The van der Waals surface area contributed by atoms with Crippen LogP contribution in [-0.2, 0) is 0 Å². The van der Waals surface area contributed by atoms with Gasteiger partial charge in [-0.3, -0.25) is 0 Å². The Bertz CT molecular complexity index is 403. The summed E-state index contributed by atoms with van der Waals surface area (Å²) >= 11 is 5.78. The predicted octanol–water partition coefficient (Wildman–Crippen LogP) is 1.29. The topological polar surface area (TPSA) is 63.2 Å². The second-order valence-corrected chi connectivity index (χ2v) is 4.68. The highest BCUT2D eigenvalue weighted by Gasteiger charge is 2.21. The molecule has 1 aromatic heterocycles. The van der Waals surface area contributed by atoms with Crippen molar-refractivity contribution < 1.29 is 4.74 Å². The molecule has 100 valence electrons. The number of anilines is 1. The Kier molecular flexibility index (Phi) is 4.54. The summed E-state index contributed by atoms with van der Waals surface area (Å²) in [6.45, 7) is 6.44. The van der Waals surface area contributed by atoms with E-state index in [4.69, 9.17) is 16.3 Å². The van der Waals surface area contributed by atoms with Gasteiger partial charge in [-0.25, -0.2) is 0 Å². The summed E-state index contributed by atoms with van der Waals surface area (Å²) in [6.07, 6.45) is 1.21. The second kappa shape index (κ2) is 6.15. The Morgan fingerprint density at radius 3 is 2.94 bits per heavy atom. The van der Waals surface area contributed by atoms with Crippen molar-refractivity contribution in [1.29, 1.82) is 0 Å². The second-order valence-electron chi connectivity index (χ2n) is 4.34. The highest BCUT2D eigenvalue weighted by Crippen LogP contribution is 2.17. The maximum atomic E-state index is 5.78. The van der Waals surface area contributed by atoms with E-state index in [2.05, 4.69) is 32.1 Å². The van der Waals surface area contributed by atoms with Gasteiger partial charge in [0.15, 0.2) is 0 Å². The molecule has 0 radical (unpaired) electrons. The summed E-state index contributed by atoms with van der Waals surface area (Å²) in [4.78, 5) is 14.4. The first-order chi connectivity index (χ1) is 8.71. The summed E-state index contributed by atoms with van der Waals surface area (Å²) in [5.41, 5.74) is 0. The monoisotopic (exact) mass is 271 g/mol. The number of ether oxygens (including phenoxy) is 1. The molecule has 1 atom stereocenters. The Balaban J connectivity index is 1.88. The standard InChI is InChI=1S/C11H18ClN5O/c1-3-17-5-4-8(7-17)6-13-10-14-9(12)15-11(16-10)18-2/h8H,3-7H2,1-2H3,(H,13,14,15,16). The van der Waals surface area contributed by atoms with Crippen LogP contribution in [0, 0.1) is 5.92 Å². The zero-order valence-corrected chi connectivity index (χ0v) is 11.4. The molecule has 2 heterocycles. The lowest BCUT2D eigenvalue weighted by molar-refractivity contribution is 0.344. The third-order valence-corrected chi connectivity index (χ3v) is 3.31. The Morgan fingerprint density at radius 2 is 2.28 bits per heavy atom. The van der Waals surface area contributed by atoms with E-state index >= 15 is 0 Å². The highest BCUT2D eigenvalue weighted by atomic mass is 35.5. The number of aromatic nitrogens is 3. The molecule has 0 aliphatic carbocycles. The SMILES string of the molecule is CCN1CCC(CNc2nc(Cl)nc(OC)n2)C1. The van der Waals surface area contributed by atoms with E-state index in [1.807, 2.05) is 0 Å². The van der Waals surface area contributed by atoms with Crippen molar-refractivity contribution in [2.24, 2.45) is 5.92 Å². The molecule has 0 spiro atoms. The van der Waals surface area contributed by atoms with E-state index < -0.39 is 0 Å². The van der Waals surface area contributed by atoms with E-state index in [9.17, 15) is 0 Å². The van der Waals surface area contributed by atoms with Crippen molar-refractivity contribution in [1.82, 2.24) is 19.9 Å². The number of nitrogens with zero attached hydrogens (tertiary/aromatic N) is 4. The fourth-order valence-electron chi connectivity index (χ4n) is 2.10. The van der Waals surface area contributed by atoms with Gasteiger partial charge in [0.1, 0.15) is 0 Å². The molecular formula is C11H18ClN5O. The van der Waals surface area contributed by atoms with Crippen LogP contribution in [-0.4, -0.2) is 53.1 Å². The number of hydrogen-bond donors (Lipinski definition) is 1. The van der Waals surface area contributed by atoms with Crippen LogP contribution >= 0.6 is 11.6 Å². The fraction of sp³-hybridized carbons (Fsp3) is 0.727. The lowest BCUT2D eigenvalue weighted by Crippen LogP contribution is -2.23. The lowest BCUT2D eigenvalue weighted by Gasteiger charge is -2.13. The first kappa shape index (κ1) is 13.3. The molecule has 1 N–H and O–H groups in total.